The molecule has 2 rings (SSSR count). The normalized spacial score (nSPS) is 12.2. The van der Waals surface area contributed by atoms with Crippen LogP contribution in [0.3, 0.4) is 0 Å². The summed E-state index contributed by atoms with van der Waals surface area (Å²) in [6.07, 6.45) is 0. The summed E-state index contributed by atoms with van der Waals surface area (Å²) in [5.41, 5.74) is 1.97. The summed E-state index contributed by atoms with van der Waals surface area (Å²) in [5, 5.41) is 0.455. The summed E-state index contributed by atoms with van der Waals surface area (Å²) in [6.45, 7) is 0. The largest absolute Gasteiger partial charge is 0.496 e. The first-order valence-corrected chi connectivity index (χ1v) is 6.95. The van der Waals surface area contributed by atoms with Crippen molar-refractivity contribution in [2.24, 2.45) is 0 Å². The molecule has 4 heteroatoms. The summed E-state index contributed by atoms with van der Waals surface area (Å²) in [7, 11) is 1.63. The number of alkyl halides is 1. The van der Waals surface area contributed by atoms with Crippen molar-refractivity contribution < 1.29 is 4.74 Å². The first-order valence-electron chi connectivity index (χ1n) is 5.35. The minimum Gasteiger partial charge on any atom is -0.496 e. The third-order valence-electron chi connectivity index (χ3n) is 2.61. The van der Waals surface area contributed by atoms with E-state index < -0.39 is 0 Å². The number of hydrogen-bond donors (Lipinski definition) is 0. The lowest BCUT2D eigenvalue weighted by Crippen LogP contribution is -1.94. The smallest absolute Gasteiger partial charge is 0.133 e. The zero-order valence-electron chi connectivity index (χ0n) is 9.66. The molecule has 0 aliphatic carbocycles. The second kappa shape index (κ2) is 5.96. The number of hydrogen-bond acceptors (Lipinski definition) is 1. The fraction of sp³-hybridized carbons (Fsp3) is 0.143. The predicted molar refractivity (Wildman–Crippen MR) is 79.8 cm³/mol. The molecule has 2 aromatic carbocycles. The van der Waals surface area contributed by atoms with E-state index in [1.807, 2.05) is 42.5 Å². The number of benzene rings is 2. The van der Waals surface area contributed by atoms with Gasteiger partial charge in [0.15, 0.2) is 0 Å². The molecule has 1 atom stereocenters. The molecule has 0 radical (unpaired) electrons. The van der Waals surface area contributed by atoms with Gasteiger partial charge in [0.1, 0.15) is 5.75 Å². The van der Waals surface area contributed by atoms with Crippen LogP contribution in [-0.4, -0.2) is 7.11 Å². The van der Waals surface area contributed by atoms with Gasteiger partial charge in [-0.05, 0) is 51.3 Å². The van der Waals surface area contributed by atoms with Gasteiger partial charge in [0.25, 0.3) is 0 Å². The van der Waals surface area contributed by atoms with Gasteiger partial charge in [0.05, 0.1) is 17.0 Å². The molecule has 0 aliphatic heterocycles. The quantitative estimate of drug-likeness (QED) is 0.673. The van der Waals surface area contributed by atoms with Gasteiger partial charge in [-0.25, -0.2) is 0 Å². The van der Waals surface area contributed by atoms with E-state index in [0.717, 1.165) is 21.3 Å². The molecule has 0 bridgehead atoms. The van der Waals surface area contributed by atoms with Gasteiger partial charge in [-0.1, -0.05) is 29.8 Å². The van der Waals surface area contributed by atoms with Gasteiger partial charge >= 0.3 is 0 Å². The molecule has 0 fully saturated rings. The Kier molecular flexibility index (Phi) is 4.55. The SMILES string of the molecule is COc1ccc(C(Cl)c2cccc(Cl)c2)cc1Br. The van der Waals surface area contributed by atoms with Gasteiger partial charge in [-0.3, -0.25) is 0 Å². The summed E-state index contributed by atoms with van der Waals surface area (Å²) in [4.78, 5) is 0. The Balaban J connectivity index is 2.34. The zero-order valence-corrected chi connectivity index (χ0v) is 12.8. The van der Waals surface area contributed by atoms with Crippen molar-refractivity contribution in [2.75, 3.05) is 7.11 Å². The van der Waals surface area contributed by atoms with Crippen LogP contribution in [0.2, 0.25) is 5.02 Å². The monoisotopic (exact) mass is 344 g/mol. The molecule has 0 N–H and O–H groups in total. The van der Waals surface area contributed by atoms with Crippen molar-refractivity contribution in [1.82, 2.24) is 0 Å². The first-order chi connectivity index (χ1) is 8.61. The maximum absolute atomic E-state index is 6.45. The van der Waals surface area contributed by atoms with Crippen molar-refractivity contribution in [2.45, 2.75) is 5.38 Å². The Morgan fingerprint density at radius 1 is 1.11 bits per heavy atom. The third-order valence-corrected chi connectivity index (χ3v) is 3.97. The van der Waals surface area contributed by atoms with Crippen molar-refractivity contribution in [3.05, 3.63) is 63.1 Å². The van der Waals surface area contributed by atoms with Crippen LogP contribution in [0.15, 0.2) is 46.9 Å². The molecule has 0 saturated heterocycles. The van der Waals surface area contributed by atoms with Crippen LogP contribution in [0.4, 0.5) is 0 Å². The maximum atomic E-state index is 6.45. The highest BCUT2D eigenvalue weighted by Gasteiger charge is 2.12. The van der Waals surface area contributed by atoms with Crippen molar-refractivity contribution in [1.29, 1.82) is 0 Å². The van der Waals surface area contributed by atoms with E-state index in [1.165, 1.54) is 0 Å². The lowest BCUT2D eigenvalue weighted by molar-refractivity contribution is 0.412. The molecular weight excluding hydrogens is 335 g/mol. The Morgan fingerprint density at radius 3 is 2.44 bits per heavy atom. The highest BCUT2D eigenvalue weighted by Crippen LogP contribution is 2.34. The van der Waals surface area contributed by atoms with Crippen LogP contribution in [0.25, 0.3) is 0 Å². The van der Waals surface area contributed by atoms with Crippen LogP contribution < -0.4 is 4.74 Å². The average Bonchev–Trinajstić information content (AvgIpc) is 2.37. The van der Waals surface area contributed by atoms with Crippen molar-refractivity contribution in [3.8, 4) is 5.75 Å². The number of rotatable bonds is 3. The van der Waals surface area contributed by atoms with Gasteiger partial charge in [-0.2, -0.15) is 0 Å². The van der Waals surface area contributed by atoms with Gasteiger partial charge < -0.3 is 4.74 Å². The molecule has 0 amide bonds. The summed E-state index contributed by atoms with van der Waals surface area (Å²) in [5.74, 6) is 0.786. The maximum Gasteiger partial charge on any atom is 0.133 e. The lowest BCUT2D eigenvalue weighted by atomic mass is 10.0. The van der Waals surface area contributed by atoms with E-state index in [4.69, 9.17) is 27.9 Å². The molecule has 0 spiro atoms. The number of halogens is 3. The van der Waals surface area contributed by atoms with E-state index >= 15 is 0 Å². The summed E-state index contributed by atoms with van der Waals surface area (Å²) < 4.78 is 6.08. The molecule has 0 aromatic heterocycles. The Morgan fingerprint density at radius 2 is 1.83 bits per heavy atom. The highest BCUT2D eigenvalue weighted by atomic mass is 79.9. The predicted octanol–water partition coefficient (Wildman–Crippen LogP) is 5.44. The number of methoxy groups -OCH3 is 1. The van der Waals surface area contributed by atoms with Crippen LogP contribution in [0.1, 0.15) is 16.5 Å². The standard InChI is InChI=1S/C14H11BrCl2O/c1-18-13-6-5-10(8-12(13)15)14(17)9-3-2-4-11(16)7-9/h2-8,14H,1H3. The molecule has 0 heterocycles. The molecule has 0 aliphatic rings. The first kappa shape index (κ1) is 13.7. The summed E-state index contributed by atoms with van der Waals surface area (Å²) >= 11 is 15.9. The van der Waals surface area contributed by atoms with Crippen molar-refractivity contribution >= 4 is 39.1 Å². The van der Waals surface area contributed by atoms with E-state index in [0.29, 0.717) is 5.02 Å². The van der Waals surface area contributed by atoms with E-state index in [1.54, 1.807) is 7.11 Å². The minimum absolute atomic E-state index is 0.231. The van der Waals surface area contributed by atoms with Gasteiger partial charge in [-0.15, -0.1) is 11.6 Å². The topological polar surface area (TPSA) is 9.23 Å². The molecule has 18 heavy (non-hydrogen) atoms. The van der Waals surface area contributed by atoms with Crippen LogP contribution in [0, 0.1) is 0 Å². The Labute approximate surface area is 125 Å². The lowest BCUT2D eigenvalue weighted by Gasteiger charge is -2.12. The Hall–Kier alpha value is -0.700. The average molecular weight is 346 g/mol. The molecule has 1 unspecified atom stereocenters. The fourth-order valence-electron chi connectivity index (χ4n) is 1.70. The van der Waals surface area contributed by atoms with Crippen LogP contribution >= 0.6 is 39.1 Å². The highest BCUT2D eigenvalue weighted by molar-refractivity contribution is 9.10. The number of ether oxygens (including phenoxy) is 1. The second-order valence-electron chi connectivity index (χ2n) is 3.81. The second-order valence-corrected chi connectivity index (χ2v) is 5.54. The molecule has 1 nitrogen and oxygen atoms in total. The Bertz CT molecular complexity index is 557. The van der Waals surface area contributed by atoms with Crippen LogP contribution in [0.5, 0.6) is 5.75 Å². The molecular formula is C14H11BrCl2O. The van der Waals surface area contributed by atoms with E-state index in [9.17, 15) is 0 Å². The van der Waals surface area contributed by atoms with Gasteiger partial charge in [0.2, 0.25) is 0 Å². The van der Waals surface area contributed by atoms with Crippen molar-refractivity contribution in [3.63, 3.8) is 0 Å². The van der Waals surface area contributed by atoms with Crippen LogP contribution in [-0.2, 0) is 0 Å². The van der Waals surface area contributed by atoms with E-state index in [2.05, 4.69) is 15.9 Å². The molecule has 2 aromatic rings. The molecule has 94 valence electrons. The van der Waals surface area contributed by atoms with E-state index in [-0.39, 0.29) is 5.38 Å². The third kappa shape index (κ3) is 3.00. The summed E-state index contributed by atoms with van der Waals surface area (Å²) in [6, 6.07) is 13.3. The zero-order chi connectivity index (χ0) is 13.1. The minimum atomic E-state index is -0.231. The van der Waals surface area contributed by atoms with Gasteiger partial charge in [0, 0.05) is 5.02 Å². The molecule has 0 saturated carbocycles. The fourth-order valence-corrected chi connectivity index (χ4v) is 2.73.